The summed E-state index contributed by atoms with van der Waals surface area (Å²) < 4.78 is 13.2. The maximum absolute atomic E-state index is 13.2. The number of hydrogen-bond acceptors (Lipinski definition) is 8. The first-order valence-corrected chi connectivity index (χ1v) is 10.8. The van der Waals surface area contributed by atoms with Gasteiger partial charge in [0.2, 0.25) is 0 Å². The van der Waals surface area contributed by atoms with Gasteiger partial charge in [-0.25, -0.2) is 19.3 Å². The number of halogens is 1. The number of rotatable bonds is 6. The number of aromatic amines is 1. The van der Waals surface area contributed by atoms with Crippen LogP contribution in [0.4, 0.5) is 9.52 Å². The second-order valence-electron chi connectivity index (χ2n) is 5.69. The van der Waals surface area contributed by atoms with E-state index in [1.165, 1.54) is 53.3 Å². The van der Waals surface area contributed by atoms with E-state index >= 15 is 0 Å². The molecule has 11 heteroatoms. The van der Waals surface area contributed by atoms with Crippen LogP contribution >= 0.6 is 34.9 Å². The highest BCUT2D eigenvalue weighted by molar-refractivity contribution is 7.99. The van der Waals surface area contributed by atoms with Crippen molar-refractivity contribution in [3.05, 3.63) is 65.3 Å². The second kappa shape index (κ2) is 8.72. The van der Waals surface area contributed by atoms with Crippen LogP contribution in [0.15, 0.2) is 68.1 Å². The average Bonchev–Trinajstić information content (AvgIpc) is 3.36. The lowest BCUT2D eigenvalue weighted by atomic mass is 10.3. The third-order valence-electron chi connectivity index (χ3n) is 3.52. The number of benzene rings is 1. The van der Waals surface area contributed by atoms with Gasteiger partial charge < -0.3 is 0 Å². The normalized spacial score (nSPS) is 10.8. The Hall–Kier alpha value is -2.76. The highest BCUT2D eigenvalue weighted by Gasteiger charge is 2.18. The fraction of sp³-hybridized carbons (Fsp3) is 0.0556. The Bertz CT molecular complexity index is 1130. The van der Waals surface area contributed by atoms with E-state index in [2.05, 4.69) is 30.5 Å². The summed E-state index contributed by atoms with van der Waals surface area (Å²) in [6.45, 7) is 1.86. The van der Waals surface area contributed by atoms with Gasteiger partial charge in [-0.1, -0.05) is 11.8 Å². The largest absolute Gasteiger partial charge is 0.296 e. The monoisotopic (exact) mass is 444 g/mol. The SMILES string of the molecule is Cc1csc(NC(=O)c2nc(Sc3ncn[nH]3)ccc2Sc2ccc(F)cc2)n1. The minimum atomic E-state index is -0.371. The smallest absolute Gasteiger partial charge is 0.277 e. The van der Waals surface area contributed by atoms with Crippen LogP contribution < -0.4 is 5.32 Å². The lowest BCUT2D eigenvalue weighted by Crippen LogP contribution is -2.15. The van der Waals surface area contributed by atoms with E-state index < -0.39 is 0 Å². The zero-order chi connectivity index (χ0) is 20.2. The van der Waals surface area contributed by atoms with Crippen molar-refractivity contribution >= 4 is 45.9 Å². The number of H-pyrrole nitrogens is 1. The molecule has 1 amide bonds. The molecule has 0 spiro atoms. The summed E-state index contributed by atoms with van der Waals surface area (Å²) in [6.07, 6.45) is 1.40. The van der Waals surface area contributed by atoms with Crippen molar-refractivity contribution < 1.29 is 9.18 Å². The van der Waals surface area contributed by atoms with Crippen molar-refractivity contribution in [2.24, 2.45) is 0 Å². The van der Waals surface area contributed by atoms with Gasteiger partial charge >= 0.3 is 0 Å². The second-order valence-corrected chi connectivity index (χ2v) is 8.68. The molecule has 0 bridgehead atoms. The zero-order valence-corrected chi connectivity index (χ0v) is 17.4. The zero-order valence-electron chi connectivity index (χ0n) is 14.9. The van der Waals surface area contributed by atoms with E-state index in [-0.39, 0.29) is 17.4 Å². The lowest BCUT2D eigenvalue weighted by molar-refractivity contribution is 0.101. The predicted molar refractivity (Wildman–Crippen MR) is 110 cm³/mol. The average molecular weight is 445 g/mol. The van der Waals surface area contributed by atoms with Crippen LogP contribution in [0.25, 0.3) is 0 Å². The van der Waals surface area contributed by atoms with Crippen molar-refractivity contribution in [1.29, 1.82) is 0 Å². The Kier molecular flexibility index (Phi) is 5.88. The first kappa shape index (κ1) is 19.6. The van der Waals surface area contributed by atoms with E-state index in [0.717, 1.165) is 10.6 Å². The fourth-order valence-electron chi connectivity index (χ4n) is 2.27. The van der Waals surface area contributed by atoms with Gasteiger partial charge in [0.25, 0.3) is 5.91 Å². The number of aryl methyl sites for hydroxylation is 1. The van der Waals surface area contributed by atoms with Gasteiger partial charge in [-0.05, 0) is 55.1 Å². The Labute approximate surface area is 177 Å². The Morgan fingerprint density at radius 3 is 2.66 bits per heavy atom. The molecule has 0 fully saturated rings. The van der Waals surface area contributed by atoms with Gasteiger partial charge in [-0.3, -0.25) is 15.2 Å². The Morgan fingerprint density at radius 2 is 1.97 bits per heavy atom. The molecule has 0 saturated carbocycles. The van der Waals surface area contributed by atoms with Crippen molar-refractivity contribution in [3.63, 3.8) is 0 Å². The molecule has 0 atom stereocenters. The number of pyridine rings is 1. The third-order valence-corrected chi connectivity index (χ3v) is 6.28. The van der Waals surface area contributed by atoms with E-state index in [9.17, 15) is 9.18 Å². The molecule has 0 aliphatic heterocycles. The van der Waals surface area contributed by atoms with Crippen LogP contribution in [-0.2, 0) is 0 Å². The summed E-state index contributed by atoms with van der Waals surface area (Å²) in [7, 11) is 0. The molecule has 4 aromatic rings. The lowest BCUT2D eigenvalue weighted by Gasteiger charge is -2.10. The van der Waals surface area contributed by atoms with Gasteiger partial charge in [-0.15, -0.1) is 11.3 Å². The topological polar surface area (TPSA) is 96.5 Å². The van der Waals surface area contributed by atoms with Gasteiger partial charge in [0.15, 0.2) is 10.3 Å². The number of aromatic nitrogens is 5. The molecule has 2 N–H and O–H groups in total. The van der Waals surface area contributed by atoms with Crippen LogP contribution in [-0.4, -0.2) is 31.1 Å². The highest BCUT2D eigenvalue weighted by Crippen LogP contribution is 2.33. The maximum atomic E-state index is 13.2. The van der Waals surface area contributed by atoms with E-state index in [1.54, 1.807) is 18.2 Å². The molecular weight excluding hydrogens is 431 g/mol. The number of nitrogens with one attached hydrogen (secondary N) is 2. The number of nitrogens with zero attached hydrogens (tertiary/aromatic N) is 4. The molecule has 4 rings (SSSR count). The molecule has 0 unspecified atom stereocenters. The summed E-state index contributed by atoms with van der Waals surface area (Å²) in [6, 6.07) is 9.67. The Morgan fingerprint density at radius 1 is 1.14 bits per heavy atom. The fourth-order valence-corrected chi connectivity index (χ4v) is 4.52. The molecule has 0 aliphatic carbocycles. The summed E-state index contributed by atoms with van der Waals surface area (Å²) in [5, 5.41) is 12.9. The Balaban J connectivity index is 1.64. The number of anilines is 1. The molecule has 146 valence electrons. The number of amides is 1. The minimum Gasteiger partial charge on any atom is -0.296 e. The molecule has 0 saturated heterocycles. The van der Waals surface area contributed by atoms with Crippen molar-refractivity contribution in [1.82, 2.24) is 25.1 Å². The maximum Gasteiger partial charge on any atom is 0.277 e. The molecule has 1 aromatic carbocycles. The predicted octanol–water partition coefficient (Wildman–Crippen LogP) is 4.66. The van der Waals surface area contributed by atoms with Crippen LogP contribution in [0.5, 0.6) is 0 Å². The molecule has 3 aromatic heterocycles. The highest BCUT2D eigenvalue weighted by atomic mass is 32.2. The first-order chi connectivity index (χ1) is 14.1. The quantitative estimate of drug-likeness (QED) is 0.446. The number of thiazole rings is 1. The standard InChI is InChI=1S/C18H13FN6OS3/c1-10-8-27-18(22-10)24-16(26)15-13(28-12-4-2-11(19)3-5-12)6-7-14(23-15)29-17-20-9-21-25-17/h2-9H,1H3,(H,20,21,25)(H,22,24,26). The van der Waals surface area contributed by atoms with Gasteiger partial charge in [0.1, 0.15) is 22.9 Å². The third kappa shape index (κ3) is 5.00. The van der Waals surface area contributed by atoms with E-state index in [1.807, 2.05) is 18.4 Å². The van der Waals surface area contributed by atoms with Crippen LogP contribution in [0.3, 0.4) is 0 Å². The molecular formula is C18H13FN6OS3. The minimum absolute atomic E-state index is 0.247. The molecule has 29 heavy (non-hydrogen) atoms. The van der Waals surface area contributed by atoms with Gasteiger partial charge in [0.05, 0.1) is 5.69 Å². The summed E-state index contributed by atoms with van der Waals surface area (Å²) in [5.41, 5.74) is 1.07. The van der Waals surface area contributed by atoms with Crippen LogP contribution in [0.2, 0.25) is 0 Å². The van der Waals surface area contributed by atoms with Gasteiger partial charge in [0, 0.05) is 15.2 Å². The molecule has 7 nitrogen and oxygen atoms in total. The van der Waals surface area contributed by atoms with Crippen LogP contribution in [0.1, 0.15) is 16.2 Å². The molecule has 0 aliphatic rings. The van der Waals surface area contributed by atoms with Crippen molar-refractivity contribution in [2.45, 2.75) is 26.9 Å². The van der Waals surface area contributed by atoms with Crippen LogP contribution in [0, 0.1) is 12.7 Å². The van der Waals surface area contributed by atoms with E-state index in [0.29, 0.717) is 20.2 Å². The number of hydrogen-bond donors (Lipinski definition) is 2. The van der Waals surface area contributed by atoms with Crippen molar-refractivity contribution in [2.75, 3.05) is 5.32 Å². The summed E-state index contributed by atoms with van der Waals surface area (Å²) in [5.74, 6) is -0.688. The molecule has 0 radical (unpaired) electrons. The molecule has 3 heterocycles. The van der Waals surface area contributed by atoms with E-state index in [4.69, 9.17) is 0 Å². The number of carbonyl (C=O) groups is 1. The summed E-state index contributed by atoms with van der Waals surface area (Å²) in [4.78, 5) is 27.2. The number of carbonyl (C=O) groups excluding carboxylic acids is 1. The first-order valence-electron chi connectivity index (χ1n) is 8.28. The van der Waals surface area contributed by atoms with Gasteiger partial charge in [-0.2, -0.15) is 5.10 Å². The van der Waals surface area contributed by atoms with Crippen molar-refractivity contribution in [3.8, 4) is 0 Å². The summed E-state index contributed by atoms with van der Waals surface area (Å²) >= 11 is 3.94.